The van der Waals surface area contributed by atoms with Crippen molar-refractivity contribution in [1.29, 1.82) is 0 Å². The van der Waals surface area contributed by atoms with Crippen LogP contribution in [0.2, 0.25) is 0 Å². The number of para-hydroxylation sites is 1. The molecule has 0 fully saturated rings. The summed E-state index contributed by atoms with van der Waals surface area (Å²) in [5, 5.41) is 0. The fourth-order valence-electron chi connectivity index (χ4n) is 2.82. The van der Waals surface area contributed by atoms with Gasteiger partial charge in [0, 0.05) is 5.92 Å². The van der Waals surface area contributed by atoms with Crippen LogP contribution in [0.4, 0.5) is 0 Å². The van der Waals surface area contributed by atoms with Gasteiger partial charge < -0.3 is 19.9 Å². The molecule has 4 nitrogen and oxygen atoms in total. The average Bonchev–Trinajstić information content (AvgIpc) is 2.59. The van der Waals surface area contributed by atoms with Gasteiger partial charge in [-0.25, -0.2) is 0 Å². The van der Waals surface area contributed by atoms with E-state index >= 15 is 0 Å². The molecule has 0 aliphatic carbocycles. The number of ether oxygens (including phenoxy) is 3. The lowest BCUT2D eigenvalue weighted by Gasteiger charge is -2.21. The Balaban J connectivity index is 1.83. The lowest BCUT2D eigenvalue weighted by Crippen LogP contribution is -2.17. The fraction of sp³-hybridized carbons (Fsp3) is 0.333. The van der Waals surface area contributed by atoms with Crippen LogP contribution in [0.3, 0.4) is 0 Å². The van der Waals surface area contributed by atoms with Gasteiger partial charge in [-0.05, 0) is 42.3 Å². The van der Waals surface area contributed by atoms with Gasteiger partial charge >= 0.3 is 0 Å². The number of fused-ring (bicyclic) bond motifs is 1. The Morgan fingerprint density at radius 3 is 2.64 bits per heavy atom. The van der Waals surface area contributed by atoms with E-state index in [-0.39, 0.29) is 5.92 Å². The standard InChI is InChI=1S/C18H21NO3/c1-20-16-5-3-2-4-15(16)14(12-19)10-13-6-7-17-18(11-13)22-9-8-21-17/h2-7,11,14H,8-10,12,19H2,1H3. The van der Waals surface area contributed by atoms with Crippen molar-refractivity contribution >= 4 is 0 Å². The van der Waals surface area contributed by atoms with E-state index in [9.17, 15) is 0 Å². The van der Waals surface area contributed by atoms with Crippen LogP contribution in [0.5, 0.6) is 17.2 Å². The summed E-state index contributed by atoms with van der Waals surface area (Å²) in [6.07, 6.45) is 0.841. The van der Waals surface area contributed by atoms with Gasteiger partial charge in [0.2, 0.25) is 0 Å². The van der Waals surface area contributed by atoms with Crippen LogP contribution < -0.4 is 19.9 Å². The molecule has 2 N–H and O–H groups in total. The Bertz CT molecular complexity index is 642. The zero-order valence-electron chi connectivity index (χ0n) is 12.7. The Labute approximate surface area is 130 Å². The molecule has 1 aliphatic rings. The quantitative estimate of drug-likeness (QED) is 0.922. The van der Waals surface area contributed by atoms with E-state index in [1.165, 1.54) is 5.56 Å². The molecule has 2 aromatic carbocycles. The van der Waals surface area contributed by atoms with E-state index in [2.05, 4.69) is 12.1 Å². The second-order valence-corrected chi connectivity index (χ2v) is 5.36. The first-order valence-corrected chi connectivity index (χ1v) is 7.53. The van der Waals surface area contributed by atoms with Gasteiger partial charge in [0.25, 0.3) is 0 Å². The maximum Gasteiger partial charge on any atom is 0.161 e. The predicted octanol–water partition coefficient (Wildman–Crippen LogP) is 2.75. The van der Waals surface area contributed by atoms with Gasteiger partial charge in [-0.1, -0.05) is 24.3 Å². The molecule has 0 saturated heterocycles. The molecule has 3 rings (SSSR count). The normalized spacial score (nSPS) is 14.5. The number of methoxy groups -OCH3 is 1. The van der Waals surface area contributed by atoms with Gasteiger partial charge in [-0.2, -0.15) is 0 Å². The van der Waals surface area contributed by atoms with Crippen LogP contribution in [0.25, 0.3) is 0 Å². The molecule has 0 spiro atoms. The van der Waals surface area contributed by atoms with Crippen molar-refractivity contribution in [2.45, 2.75) is 12.3 Å². The molecular weight excluding hydrogens is 278 g/mol. The molecule has 1 unspecified atom stereocenters. The van der Waals surface area contributed by atoms with Crippen LogP contribution in [-0.2, 0) is 6.42 Å². The van der Waals surface area contributed by atoms with Crippen molar-refractivity contribution in [1.82, 2.24) is 0 Å². The van der Waals surface area contributed by atoms with Crippen LogP contribution in [0.15, 0.2) is 42.5 Å². The number of hydrogen-bond acceptors (Lipinski definition) is 4. The molecule has 0 amide bonds. The lowest BCUT2D eigenvalue weighted by atomic mass is 9.91. The molecule has 22 heavy (non-hydrogen) atoms. The zero-order chi connectivity index (χ0) is 15.4. The first-order chi connectivity index (χ1) is 10.8. The molecule has 0 aromatic heterocycles. The average molecular weight is 299 g/mol. The molecule has 1 aliphatic heterocycles. The van der Waals surface area contributed by atoms with E-state index in [4.69, 9.17) is 19.9 Å². The van der Waals surface area contributed by atoms with E-state index in [0.29, 0.717) is 19.8 Å². The minimum absolute atomic E-state index is 0.207. The Hall–Kier alpha value is -2.20. The van der Waals surface area contributed by atoms with Crippen LogP contribution in [0, 0.1) is 0 Å². The Kier molecular flexibility index (Phi) is 4.49. The number of rotatable bonds is 5. The fourth-order valence-corrected chi connectivity index (χ4v) is 2.82. The molecular formula is C18H21NO3. The molecule has 0 radical (unpaired) electrons. The van der Waals surface area contributed by atoms with Gasteiger partial charge in [0.05, 0.1) is 7.11 Å². The zero-order valence-corrected chi connectivity index (χ0v) is 12.7. The highest BCUT2D eigenvalue weighted by Gasteiger charge is 2.17. The van der Waals surface area contributed by atoms with E-state index in [0.717, 1.165) is 29.2 Å². The number of nitrogens with two attached hydrogens (primary N) is 1. The maximum atomic E-state index is 6.00. The summed E-state index contributed by atoms with van der Waals surface area (Å²) in [5.41, 5.74) is 8.33. The molecule has 4 heteroatoms. The largest absolute Gasteiger partial charge is 0.496 e. The summed E-state index contributed by atoms with van der Waals surface area (Å²) < 4.78 is 16.7. The third-order valence-electron chi connectivity index (χ3n) is 3.95. The minimum atomic E-state index is 0.207. The van der Waals surface area contributed by atoms with Crippen molar-refractivity contribution in [3.05, 3.63) is 53.6 Å². The van der Waals surface area contributed by atoms with Crippen molar-refractivity contribution in [3.8, 4) is 17.2 Å². The van der Waals surface area contributed by atoms with Gasteiger partial charge in [0.15, 0.2) is 11.5 Å². The SMILES string of the molecule is COc1ccccc1C(CN)Cc1ccc2c(c1)OCCO2. The van der Waals surface area contributed by atoms with Gasteiger partial charge in [-0.15, -0.1) is 0 Å². The van der Waals surface area contributed by atoms with Crippen molar-refractivity contribution < 1.29 is 14.2 Å². The Morgan fingerprint density at radius 2 is 1.86 bits per heavy atom. The first kappa shape index (κ1) is 14.7. The second kappa shape index (κ2) is 6.71. The highest BCUT2D eigenvalue weighted by atomic mass is 16.6. The molecule has 116 valence electrons. The summed E-state index contributed by atoms with van der Waals surface area (Å²) >= 11 is 0. The van der Waals surface area contributed by atoms with E-state index in [1.54, 1.807) is 7.11 Å². The Morgan fingerprint density at radius 1 is 1.09 bits per heavy atom. The minimum Gasteiger partial charge on any atom is -0.496 e. The molecule has 0 saturated carbocycles. The predicted molar refractivity (Wildman–Crippen MR) is 85.9 cm³/mol. The second-order valence-electron chi connectivity index (χ2n) is 5.36. The third-order valence-corrected chi connectivity index (χ3v) is 3.95. The van der Waals surface area contributed by atoms with Gasteiger partial charge in [0.1, 0.15) is 19.0 Å². The third kappa shape index (κ3) is 3.02. The highest BCUT2D eigenvalue weighted by Crippen LogP contribution is 2.34. The highest BCUT2D eigenvalue weighted by molar-refractivity contribution is 5.45. The smallest absolute Gasteiger partial charge is 0.161 e. The van der Waals surface area contributed by atoms with Gasteiger partial charge in [-0.3, -0.25) is 0 Å². The van der Waals surface area contributed by atoms with Crippen molar-refractivity contribution in [3.63, 3.8) is 0 Å². The maximum absolute atomic E-state index is 6.00. The lowest BCUT2D eigenvalue weighted by molar-refractivity contribution is 0.171. The molecule has 0 bridgehead atoms. The van der Waals surface area contributed by atoms with Crippen LogP contribution in [0.1, 0.15) is 17.0 Å². The monoisotopic (exact) mass is 299 g/mol. The van der Waals surface area contributed by atoms with E-state index < -0.39 is 0 Å². The van der Waals surface area contributed by atoms with Crippen LogP contribution >= 0.6 is 0 Å². The topological polar surface area (TPSA) is 53.7 Å². The summed E-state index contributed by atoms with van der Waals surface area (Å²) in [7, 11) is 1.69. The van der Waals surface area contributed by atoms with Crippen LogP contribution in [-0.4, -0.2) is 26.9 Å². The molecule has 1 heterocycles. The number of hydrogen-bond donors (Lipinski definition) is 1. The van der Waals surface area contributed by atoms with E-state index in [1.807, 2.05) is 30.3 Å². The van der Waals surface area contributed by atoms with Crippen molar-refractivity contribution in [2.75, 3.05) is 26.9 Å². The molecule has 2 aromatic rings. The summed E-state index contributed by atoms with van der Waals surface area (Å²) in [6.45, 7) is 1.77. The summed E-state index contributed by atoms with van der Waals surface area (Å²) in [4.78, 5) is 0. The molecule has 1 atom stereocenters. The van der Waals surface area contributed by atoms with Crippen molar-refractivity contribution in [2.24, 2.45) is 5.73 Å². The number of benzene rings is 2. The summed E-state index contributed by atoms with van der Waals surface area (Å²) in [5.74, 6) is 2.73. The summed E-state index contributed by atoms with van der Waals surface area (Å²) in [6, 6.07) is 14.1. The first-order valence-electron chi connectivity index (χ1n) is 7.53.